The van der Waals surface area contributed by atoms with Gasteiger partial charge in [-0.1, -0.05) is 6.92 Å². The number of hydrogen-bond donors (Lipinski definition) is 0. The van der Waals surface area contributed by atoms with Crippen molar-refractivity contribution in [3.8, 4) is 0 Å². The van der Waals surface area contributed by atoms with E-state index in [0.717, 1.165) is 32.1 Å². The fraction of sp³-hybridized carbons (Fsp3) is 0.833. The number of carbonyl (C=O) groups is 3. The standard InChI is InChI=1S/C18H29N3O4/c1-3-15-12-25-18(24)21(15)16-6-10-20(11-7-16)17(23)14-4-8-19(9-5-14)13(2)22/h14-16H,3-12H2,1-2H3. The first-order valence-corrected chi connectivity index (χ1v) is 9.50. The van der Waals surface area contributed by atoms with Gasteiger partial charge in [-0.15, -0.1) is 0 Å². The Bertz CT molecular complexity index is 522. The minimum absolute atomic E-state index is 0.0345. The van der Waals surface area contributed by atoms with Crippen LogP contribution in [-0.2, 0) is 14.3 Å². The lowest BCUT2D eigenvalue weighted by Gasteiger charge is -2.40. The van der Waals surface area contributed by atoms with Crippen molar-refractivity contribution in [2.24, 2.45) is 5.92 Å². The number of likely N-dealkylation sites (tertiary alicyclic amines) is 2. The Labute approximate surface area is 149 Å². The van der Waals surface area contributed by atoms with Crippen molar-refractivity contribution in [2.45, 2.75) is 58.0 Å². The van der Waals surface area contributed by atoms with Gasteiger partial charge in [-0.3, -0.25) is 14.5 Å². The average molecular weight is 351 g/mol. The number of piperidine rings is 2. The summed E-state index contributed by atoms with van der Waals surface area (Å²) in [5.74, 6) is 0.347. The van der Waals surface area contributed by atoms with E-state index < -0.39 is 0 Å². The van der Waals surface area contributed by atoms with Crippen LogP contribution in [0.15, 0.2) is 0 Å². The van der Waals surface area contributed by atoms with Crippen molar-refractivity contribution in [3.05, 3.63) is 0 Å². The molecule has 3 aliphatic rings. The highest BCUT2D eigenvalue weighted by Crippen LogP contribution is 2.27. The quantitative estimate of drug-likeness (QED) is 0.772. The molecular formula is C18H29N3O4. The van der Waals surface area contributed by atoms with Gasteiger partial charge in [0.2, 0.25) is 11.8 Å². The van der Waals surface area contributed by atoms with Crippen LogP contribution in [0, 0.1) is 5.92 Å². The van der Waals surface area contributed by atoms with Gasteiger partial charge in [0.15, 0.2) is 0 Å². The maximum absolute atomic E-state index is 12.8. The summed E-state index contributed by atoms with van der Waals surface area (Å²) in [6.07, 6.45) is 3.87. The molecule has 1 unspecified atom stereocenters. The van der Waals surface area contributed by atoms with Crippen LogP contribution in [0.5, 0.6) is 0 Å². The van der Waals surface area contributed by atoms with Crippen LogP contribution >= 0.6 is 0 Å². The largest absolute Gasteiger partial charge is 0.447 e. The Morgan fingerprint density at radius 2 is 1.64 bits per heavy atom. The molecule has 0 bridgehead atoms. The Hall–Kier alpha value is -1.79. The lowest BCUT2D eigenvalue weighted by Crippen LogP contribution is -2.51. The molecule has 3 rings (SSSR count). The summed E-state index contributed by atoms with van der Waals surface area (Å²) in [5, 5.41) is 0. The zero-order chi connectivity index (χ0) is 18.0. The second-order valence-electron chi connectivity index (χ2n) is 7.38. The van der Waals surface area contributed by atoms with Crippen LogP contribution in [0.2, 0.25) is 0 Å². The minimum Gasteiger partial charge on any atom is -0.447 e. The van der Waals surface area contributed by atoms with Crippen LogP contribution in [-0.4, -0.2) is 77.5 Å². The Morgan fingerprint density at radius 3 is 2.20 bits per heavy atom. The molecule has 7 heteroatoms. The molecule has 0 spiro atoms. The number of amides is 3. The van der Waals surface area contributed by atoms with Crippen molar-refractivity contribution in [2.75, 3.05) is 32.8 Å². The maximum atomic E-state index is 12.8. The minimum atomic E-state index is -0.201. The summed E-state index contributed by atoms with van der Waals surface area (Å²) in [5.41, 5.74) is 0. The summed E-state index contributed by atoms with van der Waals surface area (Å²) < 4.78 is 5.20. The fourth-order valence-electron chi connectivity index (χ4n) is 4.30. The Kier molecular flexibility index (Phi) is 5.49. The first-order chi connectivity index (χ1) is 12.0. The fourth-order valence-corrected chi connectivity index (χ4v) is 4.30. The first-order valence-electron chi connectivity index (χ1n) is 9.50. The lowest BCUT2D eigenvalue weighted by atomic mass is 9.93. The van der Waals surface area contributed by atoms with Crippen molar-refractivity contribution in [1.82, 2.24) is 14.7 Å². The van der Waals surface area contributed by atoms with E-state index in [1.165, 1.54) is 0 Å². The lowest BCUT2D eigenvalue weighted by molar-refractivity contribution is -0.141. The van der Waals surface area contributed by atoms with Gasteiger partial charge >= 0.3 is 6.09 Å². The van der Waals surface area contributed by atoms with E-state index in [-0.39, 0.29) is 35.9 Å². The molecule has 3 fully saturated rings. The Morgan fingerprint density at radius 1 is 1.04 bits per heavy atom. The predicted octanol–water partition coefficient (Wildman–Crippen LogP) is 1.47. The highest BCUT2D eigenvalue weighted by atomic mass is 16.6. The van der Waals surface area contributed by atoms with Gasteiger partial charge in [0.1, 0.15) is 6.61 Å². The monoisotopic (exact) mass is 351 g/mol. The number of nitrogens with zero attached hydrogens (tertiary/aromatic N) is 3. The molecule has 140 valence electrons. The summed E-state index contributed by atoms with van der Waals surface area (Å²) in [6.45, 7) is 6.92. The van der Waals surface area contributed by atoms with E-state index in [1.807, 2.05) is 14.7 Å². The molecule has 0 radical (unpaired) electrons. The maximum Gasteiger partial charge on any atom is 0.410 e. The average Bonchev–Trinajstić information content (AvgIpc) is 3.02. The van der Waals surface area contributed by atoms with Gasteiger partial charge in [0.25, 0.3) is 0 Å². The molecule has 3 saturated heterocycles. The highest BCUT2D eigenvalue weighted by Gasteiger charge is 2.39. The SMILES string of the molecule is CCC1COC(=O)N1C1CCN(C(=O)C2CCN(C(C)=O)CC2)CC1. The van der Waals surface area contributed by atoms with Crippen molar-refractivity contribution in [3.63, 3.8) is 0 Å². The van der Waals surface area contributed by atoms with E-state index in [2.05, 4.69) is 6.92 Å². The molecular weight excluding hydrogens is 322 g/mol. The van der Waals surface area contributed by atoms with Gasteiger partial charge < -0.3 is 14.5 Å². The molecule has 0 aromatic carbocycles. The van der Waals surface area contributed by atoms with E-state index in [9.17, 15) is 14.4 Å². The Balaban J connectivity index is 1.50. The molecule has 0 aliphatic carbocycles. The number of rotatable bonds is 3. The third kappa shape index (κ3) is 3.75. The number of cyclic esters (lactones) is 1. The van der Waals surface area contributed by atoms with E-state index in [1.54, 1.807) is 6.92 Å². The number of carbonyl (C=O) groups excluding carboxylic acids is 3. The number of hydrogen-bond acceptors (Lipinski definition) is 4. The van der Waals surface area contributed by atoms with Crippen molar-refractivity contribution in [1.29, 1.82) is 0 Å². The summed E-state index contributed by atoms with van der Waals surface area (Å²) in [6, 6.07) is 0.360. The predicted molar refractivity (Wildman–Crippen MR) is 91.8 cm³/mol. The molecule has 1 atom stereocenters. The second kappa shape index (κ2) is 7.62. The van der Waals surface area contributed by atoms with Gasteiger partial charge in [0.05, 0.1) is 6.04 Å². The van der Waals surface area contributed by atoms with Crippen LogP contribution < -0.4 is 0 Å². The number of ether oxygens (including phenoxy) is 1. The van der Waals surface area contributed by atoms with E-state index in [4.69, 9.17) is 4.74 Å². The van der Waals surface area contributed by atoms with E-state index in [0.29, 0.717) is 32.8 Å². The highest BCUT2D eigenvalue weighted by molar-refractivity contribution is 5.80. The second-order valence-corrected chi connectivity index (χ2v) is 7.38. The van der Waals surface area contributed by atoms with Crippen LogP contribution in [0.4, 0.5) is 4.79 Å². The molecule has 0 saturated carbocycles. The normalized spacial score (nSPS) is 26.1. The summed E-state index contributed by atoms with van der Waals surface area (Å²) >= 11 is 0. The zero-order valence-corrected chi connectivity index (χ0v) is 15.3. The summed E-state index contributed by atoms with van der Waals surface area (Å²) in [4.78, 5) is 41.8. The van der Waals surface area contributed by atoms with Crippen LogP contribution in [0.25, 0.3) is 0 Å². The third-order valence-corrected chi connectivity index (χ3v) is 5.93. The zero-order valence-electron chi connectivity index (χ0n) is 15.3. The van der Waals surface area contributed by atoms with Gasteiger partial charge in [-0.2, -0.15) is 0 Å². The molecule has 3 amide bonds. The van der Waals surface area contributed by atoms with Gasteiger partial charge in [-0.25, -0.2) is 4.79 Å². The smallest absolute Gasteiger partial charge is 0.410 e. The van der Waals surface area contributed by atoms with Crippen molar-refractivity contribution < 1.29 is 19.1 Å². The molecule has 25 heavy (non-hydrogen) atoms. The van der Waals surface area contributed by atoms with Gasteiger partial charge in [-0.05, 0) is 32.1 Å². The molecule has 3 heterocycles. The van der Waals surface area contributed by atoms with E-state index >= 15 is 0 Å². The first kappa shape index (κ1) is 18.0. The van der Waals surface area contributed by atoms with Gasteiger partial charge in [0, 0.05) is 45.1 Å². The third-order valence-electron chi connectivity index (χ3n) is 5.93. The van der Waals surface area contributed by atoms with Crippen LogP contribution in [0.3, 0.4) is 0 Å². The van der Waals surface area contributed by atoms with Crippen LogP contribution in [0.1, 0.15) is 46.0 Å². The topological polar surface area (TPSA) is 70.2 Å². The summed E-state index contributed by atoms with van der Waals surface area (Å²) in [7, 11) is 0. The molecule has 0 N–H and O–H groups in total. The molecule has 0 aromatic rings. The molecule has 0 aromatic heterocycles. The van der Waals surface area contributed by atoms with Crippen molar-refractivity contribution >= 4 is 17.9 Å². The molecule has 7 nitrogen and oxygen atoms in total. The molecule has 3 aliphatic heterocycles.